The van der Waals surface area contributed by atoms with Gasteiger partial charge >= 0.3 is 0 Å². The molecule has 0 saturated heterocycles. The quantitative estimate of drug-likeness (QED) is 0.883. The summed E-state index contributed by atoms with van der Waals surface area (Å²) in [6, 6.07) is 5.47. The number of amides is 1. The van der Waals surface area contributed by atoms with Crippen LogP contribution < -0.4 is 15.4 Å². The molecule has 1 aliphatic heterocycles. The van der Waals surface area contributed by atoms with Gasteiger partial charge in [0, 0.05) is 11.9 Å². The molecular formula is C13H11BrN4O2. The first-order chi connectivity index (χ1) is 9.63. The van der Waals surface area contributed by atoms with Gasteiger partial charge in [0.25, 0.3) is 5.91 Å². The Hall–Kier alpha value is -2.15. The van der Waals surface area contributed by atoms with Crippen molar-refractivity contribution in [1.29, 1.82) is 0 Å². The SMILES string of the molecule is C[C@H]1Oc2ccc(Nc3ncncc3Br)cc2NC1=O. The molecular weight excluding hydrogens is 324 g/mol. The zero-order valence-electron chi connectivity index (χ0n) is 10.6. The fourth-order valence-corrected chi connectivity index (χ4v) is 2.15. The van der Waals surface area contributed by atoms with Crippen LogP contribution in [0.3, 0.4) is 0 Å². The first-order valence-electron chi connectivity index (χ1n) is 5.97. The van der Waals surface area contributed by atoms with Crippen molar-refractivity contribution in [3.8, 4) is 5.75 Å². The molecule has 2 aromatic rings. The molecule has 20 heavy (non-hydrogen) atoms. The van der Waals surface area contributed by atoms with Crippen LogP contribution in [0, 0.1) is 0 Å². The maximum atomic E-state index is 11.6. The van der Waals surface area contributed by atoms with Gasteiger partial charge < -0.3 is 15.4 Å². The molecule has 0 unspecified atom stereocenters. The van der Waals surface area contributed by atoms with Crippen molar-refractivity contribution in [2.24, 2.45) is 0 Å². The third kappa shape index (κ3) is 2.44. The van der Waals surface area contributed by atoms with Gasteiger partial charge in [-0.1, -0.05) is 0 Å². The Kier molecular flexibility index (Phi) is 3.27. The average Bonchev–Trinajstić information content (AvgIpc) is 2.43. The highest BCUT2D eigenvalue weighted by Crippen LogP contribution is 2.33. The molecule has 1 atom stereocenters. The van der Waals surface area contributed by atoms with E-state index in [0.29, 0.717) is 17.3 Å². The van der Waals surface area contributed by atoms with E-state index in [-0.39, 0.29) is 5.91 Å². The van der Waals surface area contributed by atoms with E-state index in [2.05, 4.69) is 36.5 Å². The van der Waals surface area contributed by atoms with E-state index < -0.39 is 6.10 Å². The highest BCUT2D eigenvalue weighted by Gasteiger charge is 2.23. The van der Waals surface area contributed by atoms with Crippen LogP contribution in [0.2, 0.25) is 0 Å². The number of ether oxygens (including phenoxy) is 1. The Balaban J connectivity index is 1.88. The van der Waals surface area contributed by atoms with Gasteiger partial charge in [-0.15, -0.1) is 0 Å². The molecule has 0 fully saturated rings. The number of benzene rings is 1. The molecule has 0 aliphatic carbocycles. The Morgan fingerprint density at radius 3 is 3.10 bits per heavy atom. The van der Waals surface area contributed by atoms with E-state index in [1.807, 2.05) is 12.1 Å². The zero-order valence-corrected chi connectivity index (χ0v) is 12.1. The Bertz CT molecular complexity index is 677. The second-order valence-electron chi connectivity index (χ2n) is 4.30. The molecule has 1 amide bonds. The van der Waals surface area contributed by atoms with Gasteiger partial charge in [0.15, 0.2) is 6.10 Å². The number of aromatic nitrogens is 2. The Morgan fingerprint density at radius 2 is 2.30 bits per heavy atom. The lowest BCUT2D eigenvalue weighted by Crippen LogP contribution is -2.34. The van der Waals surface area contributed by atoms with Crippen LogP contribution in [0.4, 0.5) is 17.2 Å². The summed E-state index contributed by atoms with van der Waals surface area (Å²) in [5, 5.41) is 5.95. The number of nitrogens with one attached hydrogen (secondary N) is 2. The largest absolute Gasteiger partial charge is 0.479 e. The third-order valence-corrected chi connectivity index (χ3v) is 3.42. The molecule has 2 heterocycles. The van der Waals surface area contributed by atoms with Crippen LogP contribution in [0.25, 0.3) is 0 Å². The van der Waals surface area contributed by atoms with Crippen molar-refractivity contribution >= 4 is 39.0 Å². The summed E-state index contributed by atoms with van der Waals surface area (Å²) in [4.78, 5) is 19.6. The summed E-state index contributed by atoms with van der Waals surface area (Å²) in [5.41, 5.74) is 1.44. The second kappa shape index (κ2) is 5.09. The smallest absolute Gasteiger partial charge is 0.265 e. The van der Waals surface area contributed by atoms with Crippen LogP contribution in [0.1, 0.15) is 6.92 Å². The van der Waals surface area contributed by atoms with Gasteiger partial charge in [0.2, 0.25) is 0 Å². The summed E-state index contributed by atoms with van der Waals surface area (Å²) in [6.45, 7) is 1.71. The first kappa shape index (κ1) is 12.9. The van der Waals surface area contributed by atoms with E-state index in [9.17, 15) is 4.79 Å². The third-order valence-electron chi connectivity index (χ3n) is 2.84. The van der Waals surface area contributed by atoms with E-state index in [0.717, 1.165) is 10.2 Å². The number of nitrogens with zero attached hydrogens (tertiary/aromatic N) is 2. The number of carbonyl (C=O) groups excluding carboxylic acids is 1. The standard InChI is InChI=1S/C13H11BrN4O2/c1-7-13(19)18-10-4-8(2-3-11(10)20-7)17-12-9(14)5-15-6-16-12/h2-7H,1H3,(H,18,19)(H,15,16,17)/t7-/m1/s1. The molecule has 102 valence electrons. The molecule has 1 aromatic heterocycles. The van der Waals surface area contributed by atoms with Crippen molar-refractivity contribution in [2.75, 3.05) is 10.6 Å². The van der Waals surface area contributed by atoms with Crippen LogP contribution >= 0.6 is 15.9 Å². The minimum absolute atomic E-state index is 0.155. The number of carbonyl (C=O) groups is 1. The predicted molar refractivity (Wildman–Crippen MR) is 78.2 cm³/mol. The van der Waals surface area contributed by atoms with Gasteiger partial charge in [-0.2, -0.15) is 0 Å². The molecule has 2 N–H and O–H groups in total. The maximum Gasteiger partial charge on any atom is 0.265 e. The highest BCUT2D eigenvalue weighted by molar-refractivity contribution is 9.10. The molecule has 6 nitrogen and oxygen atoms in total. The number of halogens is 1. The Morgan fingerprint density at radius 1 is 1.45 bits per heavy atom. The van der Waals surface area contributed by atoms with Gasteiger partial charge in [0.05, 0.1) is 10.2 Å². The van der Waals surface area contributed by atoms with Crippen LogP contribution in [0.5, 0.6) is 5.75 Å². The second-order valence-corrected chi connectivity index (χ2v) is 5.16. The summed E-state index contributed by atoms with van der Waals surface area (Å²) < 4.78 is 6.25. The fraction of sp³-hybridized carbons (Fsp3) is 0.154. The fourth-order valence-electron chi connectivity index (χ4n) is 1.83. The van der Waals surface area contributed by atoms with Crippen molar-refractivity contribution in [2.45, 2.75) is 13.0 Å². The van der Waals surface area contributed by atoms with Crippen molar-refractivity contribution in [1.82, 2.24) is 9.97 Å². The number of hydrogen-bond donors (Lipinski definition) is 2. The van der Waals surface area contributed by atoms with E-state index in [4.69, 9.17) is 4.74 Å². The number of anilines is 3. The number of fused-ring (bicyclic) bond motifs is 1. The molecule has 0 radical (unpaired) electrons. The summed E-state index contributed by atoms with van der Waals surface area (Å²) >= 11 is 3.36. The monoisotopic (exact) mass is 334 g/mol. The highest BCUT2D eigenvalue weighted by atomic mass is 79.9. The maximum absolute atomic E-state index is 11.6. The van der Waals surface area contributed by atoms with Crippen molar-refractivity contribution < 1.29 is 9.53 Å². The van der Waals surface area contributed by atoms with Gasteiger partial charge in [0.1, 0.15) is 17.9 Å². The predicted octanol–water partition coefficient (Wildman–Crippen LogP) is 2.70. The van der Waals surface area contributed by atoms with Crippen LogP contribution in [-0.2, 0) is 4.79 Å². The van der Waals surface area contributed by atoms with E-state index in [1.54, 1.807) is 19.2 Å². The lowest BCUT2D eigenvalue weighted by molar-refractivity contribution is -0.122. The van der Waals surface area contributed by atoms with E-state index in [1.165, 1.54) is 6.33 Å². The summed E-state index contributed by atoms with van der Waals surface area (Å²) in [5.74, 6) is 1.15. The average molecular weight is 335 g/mol. The van der Waals surface area contributed by atoms with E-state index >= 15 is 0 Å². The lowest BCUT2D eigenvalue weighted by atomic mass is 10.2. The minimum atomic E-state index is -0.475. The molecule has 7 heteroatoms. The lowest BCUT2D eigenvalue weighted by Gasteiger charge is -2.23. The molecule has 0 bridgehead atoms. The molecule has 1 aliphatic rings. The molecule has 3 rings (SSSR count). The minimum Gasteiger partial charge on any atom is -0.479 e. The summed E-state index contributed by atoms with van der Waals surface area (Å²) in [6.07, 6.45) is 2.63. The first-order valence-corrected chi connectivity index (χ1v) is 6.77. The summed E-state index contributed by atoms with van der Waals surface area (Å²) in [7, 11) is 0. The van der Waals surface area contributed by atoms with Crippen molar-refractivity contribution in [3.63, 3.8) is 0 Å². The topological polar surface area (TPSA) is 76.1 Å². The molecule has 0 spiro atoms. The zero-order chi connectivity index (χ0) is 14.1. The normalized spacial score (nSPS) is 16.9. The van der Waals surface area contributed by atoms with Gasteiger partial charge in [-0.05, 0) is 41.1 Å². The van der Waals surface area contributed by atoms with Crippen molar-refractivity contribution in [3.05, 3.63) is 35.2 Å². The molecule has 0 saturated carbocycles. The number of hydrogen-bond acceptors (Lipinski definition) is 5. The number of rotatable bonds is 2. The van der Waals surface area contributed by atoms with Gasteiger partial charge in [-0.3, -0.25) is 4.79 Å². The molecule has 1 aromatic carbocycles. The Labute approximate surface area is 123 Å². The van der Waals surface area contributed by atoms with Crippen LogP contribution in [-0.4, -0.2) is 22.0 Å². The van der Waals surface area contributed by atoms with Crippen LogP contribution in [0.15, 0.2) is 35.2 Å². The van der Waals surface area contributed by atoms with Gasteiger partial charge in [-0.25, -0.2) is 9.97 Å².